The Bertz CT molecular complexity index is 1440. The van der Waals surface area contributed by atoms with E-state index in [1.807, 2.05) is 53.5 Å². The molecule has 2 aromatic carbocycles. The normalized spacial score (nSPS) is 13.8. The number of carboxylic acid groups (broad SMARTS) is 1. The van der Waals surface area contributed by atoms with Crippen LogP contribution in [0.4, 0.5) is 4.79 Å². The van der Waals surface area contributed by atoms with Gasteiger partial charge in [0.1, 0.15) is 13.2 Å². The van der Waals surface area contributed by atoms with Crippen LogP contribution in [0.2, 0.25) is 0 Å². The van der Waals surface area contributed by atoms with Gasteiger partial charge in [0.05, 0.1) is 6.10 Å². The molecule has 0 bridgehead atoms. The van der Waals surface area contributed by atoms with Crippen LogP contribution in [0.3, 0.4) is 0 Å². The number of carboxylic acids is 1. The van der Waals surface area contributed by atoms with Crippen LogP contribution in [-0.2, 0) is 20.9 Å². The van der Waals surface area contributed by atoms with E-state index in [2.05, 4.69) is 0 Å². The molecular weight excluding hydrogens is 482 g/mol. The predicted molar refractivity (Wildman–Crippen MR) is 131 cm³/mol. The van der Waals surface area contributed by atoms with Gasteiger partial charge in [0, 0.05) is 17.7 Å². The van der Waals surface area contributed by atoms with Crippen LogP contribution in [0.25, 0.3) is 11.1 Å². The molecule has 0 radical (unpaired) electrons. The van der Waals surface area contributed by atoms with Gasteiger partial charge in [0.25, 0.3) is 11.5 Å². The van der Waals surface area contributed by atoms with Crippen molar-refractivity contribution >= 4 is 18.0 Å². The molecule has 3 aromatic rings. The summed E-state index contributed by atoms with van der Waals surface area (Å²) in [7, 11) is 0. The topological polar surface area (TPSA) is 159 Å². The number of fused-ring (bicyclic) bond motifs is 3. The van der Waals surface area contributed by atoms with Crippen LogP contribution in [0, 0.1) is 6.92 Å². The van der Waals surface area contributed by atoms with Gasteiger partial charge in [-0.25, -0.2) is 19.3 Å². The molecule has 0 aliphatic heterocycles. The van der Waals surface area contributed by atoms with Crippen molar-refractivity contribution in [2.24, 2.45) is 0 Å². The number of rotatable bonds is 7. The van der Waals surface area contributed by atoms with E-state index in [0.29, 0.717) is 4.90 Å². The maximum absolute atomic E-state index is 13.2. The minimum atomic E-state index is -1.97. The number of ether oxygens (including phenoxy) is 1. The molecular formula is C26H25N3O8. The van der Waals surface area contributed by atoms with E-state index in [-0.39, 0.29) is 18.1 Å². The summed E-state index contributed by atoms with van der Waals surface area (Å²) in [6.45, 7) is 1.57. The van der Waals surface area contributed by atoms with E-state index in [4.69, 9.17) is 4.74 Å². The summed E-state index contributed by atoms with van der Waals surface area (Å²) in [5.41, 5.74) is 2.35. The zero-order chi connectivity index (χ0) is 26.9. The van der Waals surface area contributed by atoms with Gasteiger partial charge >= 0.3 is 17.8 Å². The maximum Gasteiger partial charge on any atom is 0.417 e. The molecule has 4 rings (SSSR count). The number of amides is 2. The molecule has 0 unspecified atom stereocenters. The number of nitrogens with one attached hydrogen (secondary N) is 1. The van der Waals surface area contributed by atoms with Gasteiger partial charge in [-0.3, -0.25) is 19.1 Å². The molecule has 2 atom stereocenters. The fourth-order valence-corrected chi connectivity index (χ4v) is 4.52. The molecule has 0 fully saturated rings. The lowest BCUT2D eigenvalue weighted by atomic mass is 9.98. The van der Waals surface area contributed by atoms with Gasteiger partial charge in [-0.2, -0.15) is 0 Å². The zero-order valence-electron chi connectivity index (χ0n) is 20.1. The number of nitrogens with zero attached hydrogens (tertiary/aromatic N) is 2. The predicted octanol–water partition coefficient (Wildman–Crippen LogP) is 1.46. The number of benzene rings is 2. The summed E-state index contributed by atoms with van der Waals surface area (Å²) in [4.78, 5) is 64.4. The summed E-state index contributed by atoms with van der Waals surface area (Å²) in [6, 6.07) is 13.2. The number of carbonyl (C=O) groups excluding carboxylic acids is 2. The average molecular weight is 507 g/mol. The number of imide groups is 1. The molecule has 0 saturated heterocycles. The Balaban J connectivity index is 1.62. The Kier molecular flexibility index (Phi) is 7.07. The van der Waals surface area contributed by atoms with Crippen molar-refractivity contribution in [1.29, 1.82) is 0 Å². The van der Waals surface area contributed by atoms with Gasteiger partial charge in [-0.05, 0) is 36.1 Å². The fraction of sp³-hybridized carbons (Fsp3) is 0.269. The van der Waals surface area contributed by atoms with Crippen molar-refractivity contribution in [2.45, 2.75) is 38.5 Å². The standard InChI is InChI=1S/C26H25N3O8/c1-14-11-28(25(35)27-23(14)32)12-21(31)29(22(15(2)30)24(33)34)26(36)37-13-20-18-9-5-3-7-16(18)17-8-4-6-10-19(17)20/h3-11,15,20,22,30H,12-13H2,1-2H3,(H,33,34)(H,27,32,35)/t15-,22+/m1/s1. The first kappa shape index (κ1) is 25.6. The van der Waals surface area contributed by atoms with Crippen LogP contribution in [0.15, 0.2) is 64.3 Å². The average Bonchev–Trinajstić information content (AvgIpc) is 3.17. The van der Waals surface area contributed by atoms with Gasteiger partial charge in [-0.15, -0.1) is 0 Å². The van der Waals surface area contributed by atoms with Crippen LogP contribution in [-0.4, -0.2) is 61.4 Å². The lowest BCUT2D eigenvalue weighted by Crippen LogP contribution is -2.55. The lowest BCUT2D eigenvalue weighted by molar-refractivity contribution is -0.153. The first-order chi connectivity index (χ1) is 17.6. The van der Waals surface area contributed by atoms with Crippen LogP contribution in [0.1, 0.15) is 29.5 Å². The second-order valence-electron chi connectivity index (χ2n) is 8.79. The molecule has 11 nitrogen and oxygen atoms in total. The summed E-state index contributed by atoms with van der Waals surface area (Å²) in [5, 5.41) is 19.8. The summed E-state index contributed by atoms with van der Waals surface area (Å²) in [5.74, 6) is -3.10. The molecule has 3 N–H and O–H groups in total. The first-order valence-electron chi connectivity index (χ1n) is 11.5. The van der Waals surface area contributed by atoms with E-state index in [9.17, 15) is 34.2 Å². The summed E-state index contributed by atoms with van der Waals surface area (Å²) < 4.78 is 6.30. The van der Waals surface area contributed by atoms with Crippen molar-refractivity contribution in [2.75, 3.05) is 6.61 Å². The summed E-state index contributed by atoms with van der Waals surface area (Å²) in [6.07, 6.45) is -1.81. The molecule has 192 valence electrons. The highest BCUT2D eigenvalue weighted by Crippen LogP contribution is 2.44. The molecule has 11 heteroatoms. The maximum atomic E-state index is 13.2. The number of hydrogen-bond donors (Lipinski definition) is 3. The molecule has 1 aromatic heterocycles. The Morgan fingerprint density at radius 2 is 1.62 bits per heavy atom. The number of carbonyl (C=O) groups is 3. The van der Waals surface area contributed by atoms with Crippen LogP contribution >= 0.6 is 0 Å². The number of aryl methyl sites for hydroxylation is 1. The van der Waals surface area contributed by atoms with Crippen LogP contribution in [0.5, 0.6) is 0 Å². The Labute approximate surface area is 210 Å². The number of aliphatic hydroxyl groups is 1. The van der Waals surface area contributed by atoms with E-state index in [1.54, 1.807) is 0 Å². The molecule has 37 heavy (non-hydrogen) atoms. The minimum Gasteiger partial charge on any atom is -0.480 e. The third-order valence-electron chi connectivity index (χ3n) is 6.28. The monoisotopic (exact) mass is 507 g/mol. The minimum absolute atomic E-state index is 0.130. The number of aliphatic hydroxyl groups excluding tert-OH is 1. The van der Waals surface area contributed by atoms with Crippen molar-refractivity contribution in [1.82, 2.24) is 14.5 Å². The zero-order valence-corrected chi connectivity index (χ0v) is 20.1. The molecule has 1 aliphatic rings. The number of aromatic nitrogens is 2. The second kappa shape index (κ2) is 10.2. The molecule has 0 saturated carbocycles. The first-order valence-corrected chi connectivity index (χ1v) is 11.5. The molecule has 0 spiro atoms. The van der Waals surface area contributed by atoms with Crippen molar-refractivity contribution in [3.05, 3.63) is 92.3 Å². The lowest BCUT2D eigenvalue weighted by Gasteiger charge is -2.29. The summed E-state index contributed by atoms with van der Waals surface area (Å²) >= 11 is 0. The van der Waals surface area contributed by atoms with Gasteiger partial charge in [0.2, 0.25) is 0 Å². The molecule has 1 aliphatic carbocycles. The van der Waals surface area contributed by atoms with E-state index >= 15 is 0 Å². The van der Waals surface area contributed by atoms with E-state index in [1.165, 1.54) is 6.92 Å². The van der Waals surface area contributed by atoms with Crippen molar-refractivity contribution in [3.8, 4) is 11.1 Å². The molecule has 1 heterocycles. The number of hydrogen-bond acceptors (Lipinski definition) is 7. The van der Waals surface area contributed by atoms with Gasteiger partial charge < -0.3 is 14.9 Å². The third kappa shape index (κ3) is 4.94. The fourth-order valence-electron chi connectivity index (χ4n) is 4.52. The SMILES string of the molecule is Cc1cn(CC(=O)N(C(=O)OCC2c3ccccc3-c3ccccc32)[C@H](C(=O)O)[C@@H](C)O)c(=O)[nH]c1=O. The Hall–Kier alpha value is -4.51. The quantitative estimate of drug-likeness (QED) is 0.433. The van der Waals surface area contributed by atoms with E-state index in [0.717, 1.165) is 39.9 Å². The molecule has 2 amide bonds. The largest absolute Gasteiger partial charge is 0.480 e. The third-order valence-corrected chi connectivity index (χ3v) is 6.28. The van der Waals surface area contributed by atoms with Crippen LogP contribution < -0.4 is 11.2 Å². The van der Waals surface area contributed by atoms with Gasteiger partial charge in [-0.1, -0.05) is 48.5 Å². The van der Waals surface area contributed by atoms with Gasteiger partial charge in [0.15, 0.2) is 6.04 Å². The highest BCUT2D eigenvalue weighted by molar-refractivity contribution is 5.96. The Morgan fingerprint density at radius 1 is 1.05 bits per heavy atom. The second-order valence-corrected chi connectivity index (χ2v) is 8.79. The number of aromatic amines is 1. The Morgan fingerprint density at radius 3 is 2.16 bits per heavy atom. The highest BCUT2D eigenvalue weighted by atomic mass is 16.6. The highest BCUT2D eigenvalue weighted by Gasteiger charge is 2.40. The van der Waals surface area contributed by atoms with Crippen molar-refractivity contribution < 1.29 is 29.3 Å². The van der Waals surface area contributed by atoms with E-state index < -0.39 is 47.9 Å². The number of H-pyrrole nitrogens is 1. The smallest absolute Gasteiger partial charge is 0.417 e. The van der Waals surface area contributed by atoms with Crippen molar-refractivity contribution in [3.63, 3.8) is 0 Å². The number of aliphatic carboxylic acids is 1.